The SMILES string of the molecule is CCCc1bcccc1CCC. The van der Waals surface area contributed by atoms with Crippen molar-refractivity contribution >= 4 is 6.91 Å². The monoisotopic (exact) mass is 160 g/mol. The minimum atomic E-state index is 1.23. The molecule has 1 rings (SSSR count). The maximum atomic E-state index is 2.26. The van der Waals surface area contributed by atoms with Crippen LogP contribution in [-0.4, -0.2) is 6.91 Å². The summed E-state index contributed by atoms with van der Waals surface area (Å²) < 4.78 is 0. The van der Waals surface area contributed by atoms with E-state index in [2.05, 4.69) is 38.9 Å². The van der Waals surface area contributed by atoms with E-state index in [-0.39, 0.29) is 0 Å². The Labute approximate surface area is 76.2 Å². The van der Waals surface area contributed by atoms with Crippen molar-refractivity contribution in [2.45, 2.75) is 39.5 Å². The quantitative estimate of drug-likeness (QED) is 0.635. The summed E-state index contributed by atoms with van der Waals surface area (Å²) in [7, 11) is 0. The summed E-state index contributed by atoms with van der Waals surface area (Å²) >= 11 is 0. The van der Waals surface area contributed by atoms with Crippen molar-refractivity contribution in [1.29, 1.82) is 0 Å². The predicted molar refractivity (Wildman–Crippen MR) is 55.8 cm³/mol. The van der Waals surface area contributed by atoms with Gasteiger partial charge in [0, 0.05) is 0 Å². The van der Waals surface area contributed by atoms with Crippen LogP contribution in [0.5, 0.6) is 0 Å². The normalized spacial score (nSPS) is 9.83. The Morgan fingerprint density at radius 1 is 1.17 bits per heavy atom. The van der Waals surface area contributed by atoms with Crippen LogP contribution >= 0.6 is 0 Å². The molecule has 0 aromatic carbocycles. The molecule has 0 aliphatic carbocycles. The molecule has 0 bridgehead atoms. The van der Waals surface area contributed by atoms with Crippen LogP contribution in [0.3, 0.4) is 0 Å². The molecule has 12 heavy (non-hydrogen) atoms. The standard InChI is InChI=1S/C11H17B/c1-3-6-10-8-5-9-12-11(10)7-4-2/h5,8-9H,3-4,6-7H2,1-2H3. The van der Waals surface area contributed by atoms with Crippen LogP contribution in [0.25, 0.3) is 0 Å². The molecule has 0 atom stereocenters. The van der Waals surface area contributed by atoms with Crippen molar-refractivity contribution in [3.8, 4) is 0 Å². The fourth-order valence-corrected chi connectivity index (χ4v) is 1.58. The number of hydrogen-bond donors (Lipinski definition) is 0. The Morgan fingerprint density at radius 2 is 1.92 bits per heavy atom. The first-order valence-corrected chi connectivity index (χ1v) is 4.95. The fourth-order valence-electron chi connectivity index (χ4n) is 1.58. The third-order valence-electron chi connectivity index (χ3n) is 2.16. The van der Waals surface area contributed by atoms with Gasteiger partial charge in [0.15, 0.2) is 0 Å². The average molecular weight is 160 g/mol. The van der Waals surface area contributed by atoms with Gasteiger partial charge in [-0.25, -0.2) is 0 Å². The van der Waals surface area contributed by atoms with Gasteiger partial charge in [0.25, 0.3) is 0 Å². The molecule has 0 fully saturated rings. The van der Waals surface area contributed by atoms with Crippen molar-refractivity contribution in [1.82, 2.24) is 0 Å². The molecule has 0 amide bonds. The Hall–Kier alpha value is -0.585. The summed E-state index contributed by atoms with van der Waals surface area (Å²) in [6.45, 7) is 6.74. The van der Waals surface area contributed by atoms with Gasteiger partial charge in [0.2, 0.25) is 0 Å². The van der Waals surface area contributed by atoms with E-state index in [9.17, 15) is 0 Å². The molecular weight excluding hydrogens is 143 g/mol. The summed E-state index contributed by atoms with van der Waals surface area (Å²) in [5.41, 5.74) is 3.09. The molecular formula is C11H17B. The molecule has 0 unspecified atom stereocenters. The molecule has 1 heterocycles. The summed E-state index contributed by atoms with van der Waals surface area (Å²) in [4.78, 5) is 0. The minimum absolute atomic E-state index is 1.23. The first-order valence-electron chi connectivity index (χ1n) is 4.95. The molecule has 0 N–H and O–H groups in total. The van der Waals surface area contributed by atoms with E-state index in [1.165, 1.54) is 25.7 Å². The number of hydrogen-bond acceptors (Lipinski definition) is 0. The Balaban J connectivity index is 2.77. The van der Waals surface area contributed by atoms with Gasteiger partial charge < -0.3 is 0 Å². The molecule has 64 valence electrons. The van der Waals surface area contributed by atoms with Crippen LogP contribution in [0.2, 0.25) is 0 Å². The number of aryl methyl sites for hydroxylation is 2. The van der Waals surface area contributed by atoms with Crippen LogP contribution in [0.15, 0.2) is 18.1 Å². The molecule has 1 aromatic rings. The predicted octanol–water partition coefficient (Wildman–Crippen LogP) is 2.93. The van der Waals surface area contributed by atoms with E-state index < -0.39 is 0 Å². The number of rotatable bonds is 4. The van der Waals surface area contributed by atoms with E-state index in [1.54, 1.807) is 11.0 Å². The van der Waals surface area contributed by atoms with Crippen molar-refractivity contribution in [3.63, 3.8) is 0 Å². The molecule has 0 aliphatic heterocycles. The molecule has 1 aromatic heterocycles. The topological polar surface area (TPSA) is 0 Å². The second kappa shape index (κ2) is 5.13. The summed E-state index contributed by atoms with van der Waals surface area (Å²) in [6, 6.07) is 4.40. The van der Waals surface area contributed by atoms with Crippen molar-refractivity contribution < 1.29 is 0 Å². The Kier molecular flexibility index (Phi) is 4.06. The maximum absolute atomic E-state index is 2.26. The fraction of sp³-hybridized carbons (Fsp3) is 0.545. The van der Waals surface area contributed by atoms with Crippen molar-refractivity contribution in [3.05, 3.63) is 29.1 Å². The van der Waals surface area contributed by atoms with E-state index >= 15 is 0 Å². The molecule has 0 nitrogen and oxygen atoms in total. The van der Waals surface area contributed by atoms with Crippen molar-refractivity contribution in [2.75, 3.05) is 0 Å². The van der Waals surface area contributed by atoms with Gasteiger partial charge in [-0.3, -0.25) is 0 Å². The van der Waals surface area contributed by atoms with Gasteiger partial charge >= 0.3 is 75.6 Å². The van der Waals surface area contributed by atoms with Crippen LogP contribution in [0.4, 0.5) is 0 Å². The summed E-state index contributed by atoms with van der Waals surface area (Å²) in [6.07, 6.45) is 4.97. The first kappa shape index (κ1) is 9.50. The van der Waals surface area contributed by atoms with Gasteiger partial charge in [-0.05, 0) is 0 Å². The van der Waals surface area contributed by atoms with E-state index in [0.717, 1.165) is 0 Å². The van der Waals surface area contributed by atoms with Crippen LogP contribution < -0.4 is 0 Å². The molecule has 0 spiro atoms. The van der Waals surface area contributed by atoms with Crippen LogP contribution in [-0.2, 0) is 12.8 Å². The third kappa shape index (κ3) is 2.47. The van der Waals surface area contributed by atoms with Gasteiger partial charge in [0.1, 0.15) is 0 Å². The molecule has 0 saturated heterocycles. The molecule has 1 heteroatoms. The van der Waals surface area contributed by atoms with E-state index in [0.29, 0.717) is 0 Å². The average Bonchev–Trinajstić information content (AvgIpc) is 2.09. The summed E-state index contributed by atoms with van der Waals surface area (Å²) in [5, 5.41) is 0. The van der Waals surface area contributed by atoms with E-state index in [4.69, 9.17) is 0 Å². The zero-order chi connectivity index (χ0) is 8.81. The molecule has 0 aliphatic rings. The summed E-state index contributed by atoms with van der Waals surface area (Å²) in [5.74, 6) is 2.14. The first-order chi connectivity index (χ1) is 5.88. The van der Waals surface area contributed by atoms with Gasteiger partial charge in [-0.2, -0.15) is 0 Å². The third-order valence-corrected chi connectivity index (χ3v) is 2.16. The Bertz CT molecular complexity index is 205. The van der Waals surface area contributed by atoms with E-state index in [1.807, 2.05) is 0 Å². The molecule has 0 radical (unpaired) electrons. The zero-order valence-corrected chi connectivity index (χ0v) is 8.14. The van der Waals surface area contributed by atoms with Gasteiger partial charge in [-0.1, -0.05) is 0 Å². The van der Waals surface area contributed by atoms with Crippen LogP contribution in [0.1, 0.15) is 37.7 Å². The van der Waals surface area contributed by atoms with Crippen LogP contribution in [0, 0.1) is 0 Å². The molecule has 0 saturated carbocycles. The van der Waals surface area contributed by atoms with Gasteiger partial charge in [-0.15, -0.1) is 0 Å². The zero-order valence-electron chi connectivity index (χ0n) is 8.14. The second-order valence-corrected chi connectivity index (χ2v) is 3.27. The Morgan fingerprint density at radius 3 is 2.58 bits per heavy atom. The van der Waals surface area contributed by atoms with Crippen molar-refractivity contribution in [2.24, 2.45) is 0 Å². The second-order valence-electron chi connectivity index (χ2n) is 3.27. The van der Waals surface area contributed by atoms with Gasteiger partial charge in [0.05, 0.1) is 0 Å².